The number of hydrogen-bond acceptors (Lipinski definition) is 3. The van der Waals surface area contributed by atoms with Crippen molar-refractivity contribution in [3.05, 3.63) is 17.5 Å². The monoisotopic (exact) mass is 278 g/mol. The normalized spacial score (nSPS) is 17.9. The minimum Gasteiger partial charge on any atom is -0.352 e. The quantitative estimate of drug-likeness (QED) is 0.856. The lowest BCUT2D eigenvalue weighted by atomic mass is 9.94. The molecule has 0 radical (unpaired) electrons. The first kappa shape index (κ1) is 15.0. The van der Waals surface area contributed by atoms with E-state index >= 15 is 0 Å². The molecule has 20 heavy (non-hydrogen) atoms. The average Bonchev–Trinajstić information content (AvgIpc) is 2.68. The third-order valence-electron chi connectivity index (χ3n) is 3.89. The highest BCUT2D eigenvalue weighted by atomic mass is 16.1. The molecule has 1 aliphatic rings. The predicted molar refractivity (Wildman–Crippen MR) is 79.5 cm³/mol. The van der Waals surface area contributed by atoms with Crippen molar-refractivity contribution >= 4 is 5.91 Å². The molecule has 2 N–H and O–H groups in total. The summed E-state index contributed by atoms with van der Waals surface area (Å²) in [5.74, 6) is 0.711. The highest BCUT2D eigenvalue weighted by Crippen LogP contribution is 2.15. The van der Waals surface area contributed by atoms with Gasteiger partial charge in [0.15, 0.2) is 0 Å². The topological polar surface area (TPSA) is 59.0 Å². The molecule has 0 saturated carbocycles. The van der Waals surface area contributed by atoms with Crippen molar-refractivity contribution in [1.29, 1.82) is 0 Å². The molecular formula is C15H26N4O. The lowest BCUT2D eigenvalue weighted by Crippen LogP contribution is -2.38. The lowest BCUT2D eigenvalue weighted by molar-refractivity contribution is -0.122. The Bertz CT molecular complexity index is 449. The predicted octanol–water partition coefficient (Wildman–Crippen LogP) is 1.39. The van der Waals surface area contributed by atoms with Gasteiger partial charge in [-0.15, -0.1) is 0 Å². The van der Waals surface area contributed by atoms with E-state index in [1.807, 2.05) is 25.5 Å². The van der Waals surface area contributed by atoms with Gasteiger partial charge in [0.2, 0.25) is 5.91 Å². The number of aryl methyl sites for hydroxylation is 2. The third kappa shape index (κ3) is 4.34. The van der Waals surface area contributed by atoms with Crippen molar-refractivity contribution in [3.8, 4) is 0 Å². The molecule has 1 aromatic rings. The van der Waals surface area contributed by atoms with Crippen LogP contribution >= 0.6 is 0 Å². The molecule has 5 nitrogen and oxygen atoms in total. The van der Waals surface area contributed by atoms with E-state index in [1.165, 1.54) is 0 Å². The Morgan fingerprint density at radius 1 is 1.50 bits per heavy atom. The second-order valence-electron chi connectivity index (χ2n) is 5.98. The van der Waals surface area contributed by atoms with Crippen molar-refractivity contribution in [2.75, 3.05) is 13.1 Å². The largest absolute Gasteiger partial charge is 0.352 e. The summed E-state index contributed by atoms with van der Waals surface area (Å²) in [5, 5.41) is 10.8. The van der Waals surface area contributed by atoms with E-state index in [0.29, 0.717) is 12.3 Å². The molecule has 1 atom stereocenters. The Balaban J connectivity index is 1.77. The standard InChI is InChI=1S/C15H26N4O/c1-11-8-13(3)19(18-11)10-12(2)17-15(20)9-14-4-6-16-7-5-14/h8,12,14,16H,4-7,9-10H2,1-3H3,(H,17,20)/t12-/m0/s1. The Hall–Kier alpha value is -1.36. The van der Waals surface area contributed by atoms with Crippen LogP contribution in [0.4, 0.5) is 0 Å². The highest BCUT2D eigenvalue weighted by Gasteiger charge is 2.18. The molecule has 0 spiro atoms. The van der Waals surface area contributed by atoms with Crippen molar-refractivity contribution in [2.24, 2.45) is 5.92 Å². The van der Waals surface area contributed by atoms with Gasteiger partial charge in [-0.25, -0.2) is 0 Å². The van der Waals surface area contributed by atoms with Gasteiger partial charge in [0.05, 0.1) is 12.2 Å². The smallest absolute Gasteiger partial charge is 0.220 e. The van der Waals surface area contributed by atoms with Crippen LogP contribution in [0.25, 0.3) is 0 Å². The Kier molecular flexibility index (Phi) is 5.17. The van der Waals surface area contributed by atoms with Gasteiger partial charge in [0, 0.05) is 18.2 Å². The van der Waals surface area contributed by atoms with Gasteiger partial charge in [-0.2, -0.15) is 5.10 Å². The number of rotatable bonds is 5. The fourth-order valence-electron chi connectivity index (χ4n) is 2.85. The zero-order chi connectivity index (χ0) is 14.5. The van der Waals surface area contributed by atoms with Gasteiger partial charge in [0.25, 0.3) is 0 Å². The van der Waals surface area contributed by atoms with E-state index in [-0.39, 0.29) is 11.9 Å². The maximum atomic E-state index is 12.0. The molecule has 1 saturated heterocycles. The van der Waals surface area contributed by atoms with Crippen LogP contribution in [0, 0.1) is 19.8 Å². The summed E-state index contributed by atoms with van der Waals surface area (Å²) in [7, 11) is 0. The summed E-state index contributed by atoms with van der Waals surface area (Å²) in [6.07, 6.45) is 2.88. The summed E-state index contributed by atoms with van der Waals surface area (Å²) < 4.78 is 1.96. The van der Waals surface area contributed by atoms with Crippen LogP contribution in [-0.2, 0) is 11.3 Å². The maximum absolute atomic E-state index is 12.0. The summed E-state index contributed by atoms with van der Waals surface area (Å²) >= 11 is 0. The first-order valence-electron chi connectivity index (χ1n) is 7.55. The number of carbonyl (C=O) groups excluding carboxylic acids is 1. The van der Waals surface area contributed by atoms with Crippen LogP contribution in [0.3, 0.4) is 0 Å². The summed E-state index contributed by atoms with van der Waals surface area (Å²) in [4.78, 5) is 12.0. The zero-order valence-corrected chi connectivity index (χ0v) is 12.8. The van der Waals surface area contributed by atoms with Crippen LogP contribution in [0.1, 0.15) is 37.6 Å². The summed E-state index contributed by atoms with van der Waals surface area (Å²) in [6, 6.07) is 2.17. The van der Waals surface area contributed by atoms with Gasteiger partial charge in [-0.3, -0.25) is 9.48 Å². The molecule has 0 unspecified atom stereocenters. The molecule has 2 heterocycles. The first-order valence-corrected chi connectivity index (χ1v) is 7.55. The lowest BCUT2D eigenvalue weighted by Gasteiger charge is -2.23. The number of aromatic nitrogens is 2. The molecule has 1 fully saturated rings. The molecule has 0 bridgehead atoms. The fourth-order valence-corrected chi connectivity index (χ4v) is 2.85. The number of nitrogens with zero attached hydrogens (tertiary/aromatic N) is 2. The Morgan fingerprint density at radius 3 is 2.80 bits per heavy atom. The highest BCUT2D eigenvalue weighted by molar-refractivity contribution is 5.76. The maximum Gasteiger partial charge on any atom is 0.220 e. The number of hydrogen-bond donors (Lipinski definition) is 2. The molecule has 1 aromatic heterocycles. The molecule has 5 heteroatoms. The Morgan fingerprint density at radius 2 is 2.20 bits per heavy atom. The van der Waals surface area contributed by atoms with E-state index in [1.54, 1.807) is 0 Å². The molecular weight excluding hydrogens is 252 g/mol. The number of carbonyl (C=O) groups is 1. The van der Waals surface area contributed by atoms with E-state index < -0.39 is 0 Å². The summed E-state index contributed by atoms with van der Waals surface area (Å²) in [6.45, 7) is 8.89. The van der Waals surface area contributed by atoms with Gasteiger partial charge < -0.3 is 10.6 Å². The van der Waals surface area contributed by atoms with Crippen LogP contribution in [0.2, 0.25) is 0 Å². The second kappa shape index (κ2) is 6.88. The van der Waals surface area contributed by atoms with Gasteiger partial charge in [0.1, 0.15) is 0 Å². The average molecular weight is 278 g/mol. The van der Waals surface area contributed by atoms with E-state index in [4.69, 9.17) is 0 Å². The van der Waals surface area contributed by atoms with Crippen LogP contribution in [0.5, 0.6) is 0 Å². The number of amides is 1. The number of piperidine rings is 1. The minimum atomic E-state index is 0.113. The van der Waals surface area contributed by atoms with Crippen molar-refractivity contribution in [2.45, 2.75) is 52.6 Å². The van der Waals surface area contributed by atoms with Crippen LogP contribution in [0.15, 0.2) is 6.07 Å². The SMILES string of the molecule is Cc1cc(C)n(C[C@H](C)NC(=O)CC2CCNCC2)n1. The van der Waals surface area contributed by atoms with Gasteiger partial charge in [-0.05, 0) is 58.7 Å². The van der Waals surface area contributed by atoms with Gasteiger partial charge in [-0.1, -0.05) is 0 Å². The van der Waals surface area contributed by atoms with Crippen molar-refractivity contribution in [1.82, 2.24) is 20.4 Å². The van der Waals surface area contributed by atoms with E-state index in [0.717, 1.165) is 43.9 Å². The molecule has 1 aliphatic heterocycles. The van der Waals surface area contributed by atoms with E-state index in [9.17, 15) is 4.79 Å². The summed E-state index contributed by atoms with van der Waals surface area (Å²) in [5.41, 5.74) is 2.16. The van der Waals surface area contributed by atoms with Gasteiger partial charge >= 0.3 is 0 Å². The van der Waals surface area contributed by atoms with Crippen molar-refractivity contribution in [3.63, 3.8) is 0 Å². The first-order chi connectivity index (χ1) is 9.54. The van der Waals surface area contributed by atoms with Crippen molar-refractivity contribution < 1.29 is 4.79 Å². The van der Waals surface area contributed by atoms with E-state index in [2.05, 4.69) is 21.8 Å². The third-order valence-corrected chi connectivity index (χ3v) is 3.89. The second-order valence-corrected chi connectivity index (χ2v) is 5.98. The Labute approximate surface area is 121 Å². The fraction of sp³-hybridized carbons (Fsp3) is 0.733. The van der Waals surface area contributed by atoms with Crippen LogP contribution < -0.4 is 10.6 Å². The molecule has 2 rings (SSSR count). The zero-order valence-electron chi connectivity index (χ0n) is 12.8. The minimum absolute atomic E-state index is 0.113. The molecule has 0 aliphatic carbocycles. The van der Waals surface area contributed by atoms with Crippen LogP contribution in [-0.4, -0.2) is 34.8 Å². The number of nitrogens with one attached hydrogen (secondary N) is 2. The molecule has 112 valence electrons. The molecule has 0 aromatic carbocycles. The molecule has 1 amide bonds.